The molecule has 39 heavy (non-hydrogen) atoms. The molecule has 204 valence electrons. The van der Waals surface area contributed by atoms with Crippen molar-refractivity contribution in [2.75, 3.05) is 39.3 Å². The molecule has 3 aromatic rings. The van der Waals surface area contributed by atoms with E-state index in [1.165, 1.54) is 5.56 Å². The third-order valence-corrected chi connectivity index (χ3v) is 6.64. The van der Waals surface area contributed by atoms with E-state index >= 15 is 0 Å². The number of rotatable bonds is 11. The van der Waals surface area contributed by atoms with Crippen molar-refractivity contribution in [2.45, 2.75) is 26.4 Å². The molecule has 8 heteroatoms. The zero-order valence-electron chi connectivity index (χ0n) is 22.6. The van der Waals surface area contributed by atoms with E-state index in [4.69, 9.17) is 20.6 Å². The second-order valence-electron chi connectivity index (χ2n) is 9.85. The quantitative estimate of drug-likeness (QED) is 0.352. The third-order valence-electron chi connectivity index (χ3n) is 6.64. The van der Waals surface area contributed by atoms with Crippen molar-refractivity contribution in [1.29, 1.82) is 0 Å². The van der Waals surface area contributed by atoms with Gasteiger partial charge in [0.2, 0.25) is 5.91 Å². The van der Waals surface area contributed by atoms with Crippen LogP contribution in [0, 0.1) is 0 Å². The molecule has 0 saturated heterocycles. The molecule has 1 aliphatic heterocycles. The lowest BCUT2D eigenvalue weighted by Gasteiger charge is -2.28. The van der Waals surface area contributed by atoms with Crippen LogP contribution >= 0.6 is 0 Å². The van der Waals surface area contributed by atoms with Crippen molar-refractivity contribution in [2.24, 2.45) is 10.7 Å². The van der Waals surface area contributed by atoms with Gasteiger partial charge in [0, 0.05) is 48.9 Å². The Morgan fingerprint density at radius 3 is 2.44 bits per heavy atom. The summed E-state index contributed by atoms with van der Waals surface area (Å²) in [7, 11) is 0. The minimum absolute atomic E-state index is 0.0854. The molecule has 1 aliphatic rings. The number of ether oxygens (including phenoxy) is 1. The van der Waals surface area contributed by atoms with Crippen molar-refractivity contribution in [3.8, 4) is 5.75 Å². The Bertz CT molecular complexity index is 1290. The van der Waals surface area contributed by atoms with Gasteiger partial charge >= 0.3 is 0 Å². The molecule has 0 spiro atoms. The van der Waals surface area contributed by atoms with Crippen LogP contribution in [0.5, 0.6) is 5.75 Å². The summed E-state index contributed by atoms with van der Waals surface area (Å²) in [5.74, 6) is 1.14. The highest BCUT2D eigenvalue weighted by atomic mass is 16.5. The van der Waals surface area contributed by atoms with Gasteiger partial charge in [0.25, 0.3) is 0 Å². The summed E-state index contributed by atoms with van der Waals surface area (Å²) in [6.45, 7) is 6.96. The summed E-state index contributed by atoms with van der Waals surface area (Å²) in [6.07, 6.45) is 3.43. The molecule has 4 N–H and O–H groups in total. The smallest absolute Gasteiger partial charge is 0.234 e. The Morgan fingerprint density at radius 2 is 1.77 bits per heavy atom. The van der Waals surface area contributed by atoms with Crippen molar-refractivity contribution in [1.82, 2.24) is 15.2 Å². The lowest BCUT2D eigenvalue weighted by Crippen LogP contribution is -2.44. The first-order valence-electron chi connectivity index (χ1n) is 13.3. The number of aromatic nitrogens is 1. The maximum absolute atomic E-state index is 12.3. The largest absolute Gasteiger partial charge is 0.489 e. The molecule has 1 aromatic heterocycles. The number of benzene rings is 2. The monoisotopic (exact) mass is 527 g/mol. The van der Waals surface area contributed by atoms with Gasteiger partial charge in [0.05, 0.1) is 25.4 Å². The van der Waals surface area contributed by atoms with E-state index in [-0.39, 0.29) is 25.6 Å². The van der Waals surface area contributed by atoms with E-state index in [9.17, 15) is 4.79 Å². The highest BCUT2D eigenvalue weighted by molar-refractivity contribution is 6.31. The summed E-state index contributed by atoms with van der Waals surface area (Å²) in [5, 5.41) is 11.7. The van der Waals surface area contributed by atoms with Gasteiger partial charge in [-0.15, -0.1) is 0 Å². The molecule has 8 nitrogen and oxygen atoms in total. The number of amides is 1. The van der Waals surface area contributed by atoms with Crippen LogP contribution in [0.2, 0.25) is 0 Å². The molecular formula is C31H37N5O3. The Hall–Kier alpha value is -4.01. The van der Waals surface area contributed by atoms with Gasteiger partial charge in [-0.3, -0.25) is 19.7 Å². The van der Waals surface area contributed by atoms with Gasteiger partial charge in [0.15, 0.2) is 0 Å². The van der Waals surface area contributed by atoms with Crippen LogP contribution in [-0.2, 0) is 11.4 Å². The van der Waals surface area contributed by atoms with E-state index in [2.05, 4.69) is 48.4 Å². The Morgan fingerprint density at radius 1 is 1.05 bits per heavy atom. The summed E-state index contributed by atoms with van der Waals surface area (Å²) >= 11 is 0. The third kappa shape index (κ3) is 7.75. The minimum atomic E-state index is -0.127. The van der Waals surface area contributed by atoms with E-state index in [0.717, 1.165) is 33.7 Å². The summed E-state index contributed by atoms with van der Waals surface area (Å²) in [5.41, 5.74) is 13.2. The predicted molar refractivity (Wildman–Crippen MR) is 155 cm³/mol. The van der Waals surface area contributed by atoms with Crippen molar-refractivity contribution in [3.05, 3.63) is 95.3 Å². The molecule has 0 saturated carbocycles. The molecule has 0 radical (unpaired) electrons. The SMILES string of the molecule is CC(C)c1ccc(COc2ccc(C(C3=NCCN(CC(=O)NCCO)C3)=C(N)c3ccncc3)cc2)cc1. The number of aliphatic imine (C=N–C) groups is 1. The molecule has 0 fully saturated rings. The molecule has 1 amide bonds. The molecular weight excluding hydrogens is 490 g/mol. The normalized spacial score (nSPS) is 14.5. The van der Waals surface area contributed by atoms with Crippen LogP contribution < -0.4 is 15.8 Å². The average Bonchev–Trinajstić information content (AvgIpc) is 2.96. The molecule has 0 unspecified atom stereocenters. The molecule has 0 atom stereocenters. The molecule has 2 heterocycles. The maximum atomic E-state index is 12.3. The number of hydrogen-bond donors (Lipinski definition) is 3. The number of aliphatic hydroxyl groups excluding tert-OH is 1. The van der Waals surface area contributed by atoms with Gasteiger partial charge in [-0.05, 0) is 46.9 Å². The fraction of sp³-hybridized carbons (Fsp3) is 0.323. The molecule has 0 bridgehead atoms. The Kier molecular flexibility index (Phi) is 9.83. The highest BCUT2D eigenvalue weighted by Crippen LogP contribution is 2.28. The number of carbonyl (C=O) groups excluding carboxylic acids is 1. The van der Waals surface area contributed by atoms with Gasteiger partial charge in [0.1, 0.15) is 12.4 Å². The number of carbonyl (C=O) groups is 1. The number of nitrogens with two attached hydrogens (primary N) is 1. The number of pyridine rings is 1. The van der Waals surface area contributed by atoms with Crippen molar-refractivity contribution >= 4 is 22.9 Å². The van der Waals surface area contributed by atoms with Gasteiger partial charge in [-0.1, -0.05) is 50.2 Å². The molecule has 4 rings (SSSR count). The summed E-state index contributed by atoms with van der Waals surface area (Å²) in [4.78, 5) is 23.2. The van der Waals surface area contributed by atoms with Crippen LogP contribution in [-0.4, -0.2) is 65.9 Å². The first-order valence-corrected chi connectivity index (χ1v) is 13.3. The van der Waals surface area contributed by atoms with Crippen LogP contribution in [0.3, 0.4) is 0 Å². The maximum Gasteiger partial charge on any atom is 0.234 e. The first-order chi connectivity index (χ1) is 18.9. The highest BCUT2D eigenvalue weighted by Gasteiger charge is 2.23. The first kappa shape index (κ1) is 28.0. The van der Waals surface area contributed by atoms with Crippen LogP contribution in [0.15, 0.2) is 78.0 Å². The zero-order valence-corrected chi connectivity index (χ0v) is 22.6. The van der Waals surface area contributed by atoms with E-state index in [1.807, 2.05) is 41.3 Å². The lowest BCUT2D eigenvalue weighted by molar-refractivity contribution is -0.122. The number of nitrogens with zero attached hydrogens (tertiary/aromatic N) is 3. The number of hydrogen-bond acceptors (Lipinski definition) is 7. The molecule has 0 aliphatic carbocycles. The Labute approximate surface area is 230 Å². The lowest BCUT2D eigenvalue weighted by atomic mass is 9.95. The fourth-order valence-corrected chi connectivity index (χ4v) is 4.45. The van der Waals surface area contributed by atoms with Crippen LogP contribution in [0.1, 0.15) is 42.0 Å². The van der Waals surface area contributed by atoms with E-state index in [1.54, 1.807) is 12.4 Å². The zero-order chi connectivity index (χ0) is 27.6. The predicted octanol–water partition coefficient (Wildman–Crippen LogP) is 3.48. The topological polar surface area (TPSA) is 113 Å². The average molecular weight is 528 g/mol. The van der Waals surface area contributed by atoms with Gasteiger partial charge in [-0.2, -0.15) is 0 Å². The molecule has 2 aromatic carbocycles. The van der Waals surface area contributed by atoms with E-state index < -0.39 is 0 Å². The summed E-state index contributed by atoms with van der Waals surface area (Å²) in [6, 6.07) is 20.1. The standard InChI is InChI=1S/C31H37N5O3/c1-22(2)24-5-3-23(4-6-24)21-39-27-9-7-25(8-10-27)30(31(32)26-11-13-33-14-12-26)28-19-36(17-15-34-28)20-29(38)35-16-18-37/h3-14,22,37H,15-21,32H2,1-2H3,(H,35,38). The van der Waals surface area contributed by atoms with Crippen molar-refractivity contribution in [3.63, 3.8) is 0 Å². The van der Waals surface area contributed by atoms with Crippen molar-refractivity contribution < 1.29 is 14.6 Å². The fourth-order valence-electron chi connectivity index (χ4n) is 4.45. The number of nitrogens with one attached hydrogen (secondary N) is 1. The van der Waals surface area contributed by atoms with Gasteiger partial charge < -0.3 is 20.9 Å². The van der Waals surface area contributed by atoms with Crippen LogP contribution in [0.4, 0.5) is 0 Å². The minimum Gasteiger partial charge on any atom is -0.489 e. The summed E-state index contributed by atoms with van der Waals surface area (Å²) < 4.78 is 6.05. The van der Waals surface area contributed by atoms with Crippen LogP contribution in [0.25, 0.3) is 11.3 Å². The second kappa shape index (κ2) is 13.7. The Balaban J connectivity index is 1.54. The van der Waals surface area contributed by atoms with Gasteiger partial charge in [-0.25, -0.2) is 0 Å². The number of aliphatic hydroxyl groups is 1. The second-order valence-corrected chi connectivity index (χ2v) is 9.85. The van der Waals surface area contributed by atoms with E-state index in [0.29, 0.717) is 37.9 Å².